The number of urea groups is 1. The van der Waals surface area contributed by atoms with Crippen LogP contribution in [-0.2, 0) is 0 Å². The van der Waals surface area contributed by atoms with Gasteiger partial charge in [-0.15, -0.1) is 0 Å². The number of anilines is 3. The maximum atomic E-state index is 12.4. The highest BCUT2D eigenvalue weighted by atomic mass is 16.2. The molecule has 0 bridgehead atoms. The molecule has 0 atom stereocenters. The SMILES string of the molecule is Cc1ccccc1NC(=O)NC1CCC(Nc2nc(N(C)C)c3ccccc3n2)CC1. The van der Waals surface area contributed by atoms with E-state index in [4.69, 9.17) is 9.97 Å². The summed E-state index contributed by atoms with van der Waals surface area (Å²) in [6.45, 7) is 1.99. The molecule has 0 spiro atoms. The summed E-state index contributed by atoms with van der Waals surface area (Å²) in [7, 11) is 3.99. The third-order valence-electron chi connectivity index (χ3n) is 5.80. The molecule has 0 aliphatic heterocycles. The van der Waals surface area contributed by atoms with Gasteiger partial charge in [0.15, 0.2) is 0 Å². The predicted molar refractivity (Wildman–Crippen MR) is 127 cm³/mol. The molecule has 1 fully saturated rings. The molecular formula is C24H30N6O. The van der Waals surface area contributed by atoms with E-state index < -0.39 is 0 Å². The van der Waals surface area contributed by atoms with Gasteiger partial charge in [-0.1, -0.05) is 30.3 Å². The number of carbonyl (C=O) groups is 1. The second-order valence-corrected chi connectivity index (χ2v) is 8.39. The lowest BCUT2D eigenvalue weighted by atomic mass is 9.91. The molecule has 2 aromatic carbocycles. The van der Waals surface area contributed by atoms with Crippen LogP contribution in [-0.4, -0.2) is 42.2 Å². The molecule has 162 valence electrons. The van der Waals surface area contributed by atoms with Crippen molar-refractivity contribution in [3.8, 4) is 0 Å². The van der Waals surface area contributed by atoms with Gasteiger partial charge >= 0.3 is 6.03 Å². The average Bonchev–Trinajstić information content (AvgIpc) is 2.76. The second kappa shape index (κ2) is 9.20. The molecule has 7 heteroatoms. The summed E-state index contributed by atoms with van der Waals surface area (Å²) >= 11 is 0. The number of carbonyl (C=O) groups excluding carboxylic acids is 1. The van der Waals surface area contributed by atoms with Gasteiger partial charge in [0.2, 0.25) is 5.95 Å². The van der Waals surface area contributed by atoms with Crippen molar-refractivity contribution >= 4 is 34.4 Å². The highest BCUT2D eigenvalue weighted by molar-refractivity contribution is 5.91. The highest BCUT2D eigenvalue weighted by Crippen LogP contribution is 2.26. The molecular weight excluding hydrogens is 388 g/mol. The summed E-state index contributed by atoms with van der Waals surface area (Å²) in [5.41, 5.74) is 2.84. The zero-order chi connectivity index (χ0) is 21.8. The highest BCUT2D eigenvalue weighted by Gasteiger charge is 2.23. The third-order valence-corrected chi connectivity index (χ3v) is 5.80. The molecule has 3 aromatic rings. The molecule has 1 aliphatic carbocycles. The van der Waals surface area contributed by atoms with E-state index in [9.17, 15) is 4.79 Å². The van der Waals surface area contributed by atoms with Gasteiger partial charge in [0.25, 0.3) is 0 Å². The molecule has 0 radical (unpaired) electrons. The first kappa shape index (κ1) is 20.9. The van der Waals surface area contributed by atoms with Crippen LogP contribution in [0.4, 0.5) is 22.2 Å². The van der Waals surface area contributed by atoms with Crippen molar-refractivity contribution < 1.29 is 4.79 Å². The largest absolute Gasteiger partial charge is 0.362 e. The van der Waals surface area contributed by atoms with Crippen molar-refractivity contribution in [2.75, 3.05) is 29.6 Å². The van der Waals surface area contributed by atoms with E-state index in [0.29, 0.717) is 12.0 Å². The number of benzene rings is 2. The summed E-state index contributed by atoms with van der Waals surface area (Å²) < 4.78 is 0. The van der Waals surface area contributed by atoms with E-state index in [1.807, 2.05) is 74.4 Å². The van der Waals surface area contributed by atoms with Crippen molar-refractivity contribution in [3.05, 3.63) is 54.1 Å². The molecule has 0 unspecified atom stereocenters. The fourth-order valence-electron chi connectivity index (χ4n) is 4.09. The monoisotopic (exact) mass is 418 g/mol. The molecule has 31 heavy (non-hydrogen) atoms. The Kier molecular flexibility index (Phi) is 6.21. The van der Waals surface area contributed by atoms with E-state index in [1.54, 1.807) is 0 Å². The zero-order valence-electron chi connectivity index (χ0n) is 18.4. The molecule has 4 rings (SSSR count). The van der Waals surface area contributed by atoms with Gasteiger partial charge in [0, 0.05) is 37.3 Å². The number of aryl methyl sites for hydroxylation is 1. The van der Waals surface area contributed by atoms with Gasteiger partial charge in [-0.05, 0) is 56.4 Å². The summed E-state index contributed by atoms with van der Waals surface area (Å²) in [6.07, 6.45) is 3.77. The van der Waals surface area contributed by atoms with Crippen molar-refractivity contribution in [1.29, 1.82) is 0 Å². The number of para-hydroxylation sites is 2. The van der Waals surface area contributed by atoms with Gasteiger partial charge in [-0.25, -0.2) is 9.78 Å². The van der Waals surface area contributed by atoms with Crippen molar-refractivity contribution in [3.63, 3.8) is 0 Å². The van der Waals surface area contributed by atoms with Crippen molar-refractivity contribution in [2.24, 2.45) is 0 Å². The van der Waals surface area contributed by atoms with Gasteiger partial charge in [-0.3, -0.25) is 0 Å². The second-order valence-electron chi connectivity index (χ2n) is 8.39. The van der Waals surface area contributed by atoms with Crippen molar-refractivity contribution in [2.45, 2.75) is 44.7 Å². The van der Waals surface area contributed by atoms with Gasteiger partial charge < -0.3 is 20.9 Å². The van der Waals surface area contributed by atoms with Crippen LogP contribution in [0.5, 0.6) is 0 Å². The van der Waals surface area contributed by atoms with Gasteiger partial charge in [0.05, 0.1) is 5.52 Å². The number of hydrogen-bond acceptors (Lipinski definition) is 5. The zero-order valence-corrected chi connectivity index (χ0v) is 18.4. The summed E-state index contributed by atoms with van der Waals surface area (Å²) in [5.74, 6) is 1.58. The molecule has 7 nitrogen and oxygen atoms in total. The Morgan fingerprint density at radius 3 is 2.35 bits per heavy atom. The number of amides is 2. The number of rotatable bonds is 5. The number of hydrogen-bond donors (Lipinski definition) is 3. The lowest BCUT2D eigenvalue weighted by Crippen LogP contribution is -2.42. The molecule has 1 heterocycles. The number of nitrogens with zero attached hydrogens (tertiary/aromatic N) is 3. The Morgan fingerprint density at radius 1 is 0.935 bits per heavy atom. The van der Waals surface area contributed by atoms with Crippen LogP contribution in [0.1, 0.15) is 31.2 Å². The predicted octanol–water partition coefficient (Wildman–Crippen LogP) is 4.55. The molecule has 1 aromatic heterocycles. The van der Waals surface area contributed by atoms with Crippen LogP contribution in [0.3, 0.4) is 0 Å². The first-order valence-electron chi connectivity index (χ1n) is 10.8. The van der Waals surface area contributed by atoms with E-state index in [1.165, 1.54) is 0 Å². The Morgan fingerprint density at radius 2 is 1.61 bits per heavy atom. The normalized spacial score (nSPS) is 18.4. The Labute approximate surface area is 183 Å². The van der Waals surface area contributed by atoms with Gasteiger partial charge in [-0.2, -0.15) is 4.98 Å². The van der Waals surface area contributed by atoms with E-state index in [-0.39, 0.29) is 12.1 Å². The molecule has 1 aliphatic rings. The maximum Gasteiger partial charge on any atom is 0.319 e. The number of nitrogens with one attached hydrogen (secondary N) is 3. The fourth-order valence-corrected chi connectivity index (χ4v) is 4.09. The lowest BCUT2D eigenvalue weighted by molar-refractivity contribution is 0.243. The summed E-state index contributed by atoms with van der Waals surface area (Å²) in [5, 5.41) is 10.6. The third kappa shape index (κ3) is 5.05. The van der Waals surface area contributed by atoms with Crippen LogP contribution in [0.15, 0.2) is 48.5 Å². The minimum absolute atomic E-state index is 0.140. The van der Waals surface area contributed by atoms with Crippen LogP contribution in [0.2, 0.25) is 0 Å². The maximum absolute atomic E-state index is 12.4. The molecule has 0 saturated heterocycles. The quantitative estimate of drug-likeness (QED) is 0.566. The van der Waals surface area contributed by atoms with E-state index >= 15 is 0 Å². The minimum Gasteiger partial charge on any atom is -0.362 e. The van der Waals surface area contributed by atoms with Crippen LogP contribution in [0, 0.1) is 6.92 Å². The van der Waals surface area contributed by atoms with Crippen molar-refractivity contribution in [1.82, 2.24) is 15.3 Å². The molecule has 3 N–H and O–H groups in total. The molecule has 1 saturated carbocycles. The Bertz CT molecular complexity index is 1060. The number of fused-ring (bicyclic) bond motifs is 1. The Hall–Kier alpha value is -3.35. The molecule has 2 amide bonds. The first-order valence-corrected chi connectivity index (χ1v) is 10.8. The minimum atomic E-state index is -0.140. The summed E-state index contributed by atoms with van der Waals surface area (Å²) in [4.78, 5) is 23.8. The summed E-state index contributed by atoms with van der Waals surface area (Å²) in [6, 6.07) is 16.2. The number of aromatic nitrogens is 2. The van der Waals surface area contributed by atoms with Gasteiger partial charge in [0.1, 0.15) is 5.82 Å². The Balaban J connectivity index is 1.33. The van der Waals surface area contributed by atoms with Crippen LogP contribution in [0.25, 0.3) is 10.9 Å². The lowest BCUT2D eigenvalue weighted by Gasteiger charge is -2.30. The van der Waals surface area contributed by atoms with E-state index in [0.717, 1.165) is 53.7 Å². The average molecular weight is 419 g/mol. The first-order chi connectivity index (χ1) is 15.0. The van der Waals surface area contributed by atoms with E-state index in [2.05, 4.69) is 16.0 Å². The fraction of sp³-hybridized carbons (Fsp3) is 0.375. The smallest absolute Gasteiger partial charge is 0.319 e. The topological polar surface area (TPSA) is 82.2 Å². The standard InChI is InChI=1S/C24H30N6O/c1-16-8-4-6-10-20(16)28-24(31)26-18-14-12-17(13-15-18)25-23-27-21-11-7-5-9-19(21)22(29-23)30(2)3/h4-11,17-18H,12-15H2,1-3H3,(H,25,27,29)(H2,26,28,31). The van der Waals surface area contributed by atoms with Crippen LogP contribution < -0.4 is 20.9 Å². The van der Waals surface area contributed by atoms with Crippen LogP contribution >= 0.6 is 0 Å².